The molecule has 2 aromatic carbocycles. The van der Waals surface area contributed by atoms with E-state index in [0.717, 1.165) is 21.2 Å². The first kappa shape index (κ1) is 12.6. The molecule has 0 saturated carbocycles. The summed E-state index contributed by atoms with van der Waals surface area (Å²) in [6.07, 6.45) is 0. The van der Waals surface area contributed by atoms with Crippen LogP contribution in [0.1, 0.15) is 11.3 Å². The summed E-state index contributed by atoms with van der Waals surface area (Å²) in [5.74, 6) is -0.313. The highest BCUT2D eigenvalue weighted by Gasteiger charge is 2.29. The number of fused-ring (bicyclic) bond motifs is 3. The van der Waals surface area contributed by atoms with Crippen LogP contribution in [0.5, 0.6) is 0 Å². The molecule has 0 aliphatic carbocycles. The second-order valence-corrected chi connectivity index (χ2v) is 5.22. The van der Waals surface area contributed by atoms with Crippen LogP contribution in [0.4, 0.5) is 5.69 Å². The Morgan fingerprint density at radius 3 is 2.55 bits per heavy atom. The van der Waals surface area contributed by atoms with Gasteiger partial charge < -0.3 is 15.5 Å². The highest BCUT2D eigenvalue weighted by Crippen LogP contribution is 2.30. The second-order valence-electron chi connectivity index (χ2n) is 5.22. The van der Waals surface area contributed by atoms with Crippen molar-refractivity contribution in [2.75, 3.05) is 11.9 Å². The maximum atomic E-state index is 12.5. The summed E-state index contributed by atoms with van der Waals surface area (Å²) in [4.78, 5) is 15.3. The van der Waals surface area contributed by atoms with Crippen molar-refractivity contribution in [3.8, 4) is 0 Å². The number of aromatic nitrogens is 1. The molecule has 1 aliphatic rings. The average Bonchev–Trinajstić information content (AvgIpc) is 2.81. The van der Waals surface area contributed by atoms with Crippen LogP contribution in [0.25, 0.3) is 10.9 Å². The molecule has 108 valence electrons. The van der Waals surface area contributed by atoms with Crippen LogP contribution in [-0.4, -0.2) is 27.9 Å². The van der Waals surface area contributed by atoms with Gasteiger partial charge >= 0.3 is 0 Å². The second kappa shape index (κ2) is 4.73. The summed E-state index contributed by atoms with van der Waals surface area (Å²) in [7, 11) is 0. The van der Waals surface area contributed by atoms with Crippen LogP contribution in [0.3, 0.4) is 0 Å². The van der Waals surface area contributed by atoms with Crippen molar-refractivity contribution in [2.24, 2.45) is 0 Å². The Kier molecular flexibility index (Phi) is 2.72. The third-order valence-electron chi connectivity index (χ3n) is 3.79. The number of rotatable bonds is 1. The zero-order valence-electron chi connectivity index (χ0n) is 11.7. The number of nitrogens with zero attached hydrogens (tertiary/aromatic N) is 1. The quantitative estimate of drug-likeness (QED) is 0.534. The van der Waals surface area contributed by atoms with Crippen LogP contribution in [0.15, 0.2) is 54.6 Å². The van der Waals surface area contributed by atoms with Gasteiger partial charge in [-0.05, 0) is 18.2 Å². The van der Waals surface area contributed by atoms with Crippen LogP contribution in [0.2, 0.25) is 0 Å². The normalized spacial score (nSPS) is 14.6. The fourth-order valence-corrected chi connectivity index (χ4v) is 2.85. The molecule has 22 heavy (non-hydrogen) atoms. The summed E-state index contributed by atoms with van der Waals surface area (Å²) >= 11 is 0. The molecule has 1 aromatic heterocycles. The van der Waals surface area contributed by atoms with Gasteiger partial charge in [0.1, 0.15) is 5.69 Å². The molecule has 1 aliphatic heterocycles. The zero-order chi connectivity index (χ0) is 15.1. The van der Waals surface area contributed by atoms with E-state index in [4.69, 9.17) is 0 Å². The van der Waals surface area contributed by atoms with Gasteiger partial charge in [-0.25, -0.2) is 0 Å². The molecule has 0 unspecified atom stereocenters. The molecule has 0 fully saturated rings. The van der Waals surface area contributed by atoms with Gasteiger partial charge in [-0.1, -0.05) is 36.4 Å². The minimum atomic E-state index is -0.313. The lowest BCUT2D eigenvalue weighted by Crippen LogP contribution is -2.24. The lowest BCUT2D eigenvalue weighted by atomic mass is 10.1. The number of amides is 1. The topological polar surface area (TPSA) is 71.0 Å². The Hall–Kier alpha value is -3.08. The van der Waals surface area contributed by atoms with Crippen molar-refractivity contribution in [3.63, 3.8) is 0 Å². The minimum absolute atomic E-state index is 0.221. The first-order valence-corrected chi connectivity index (χ1v) is 7.02. The standard InChI is InChI=1S/C17H13N3O2/c21-14-10-20(22)17(11-6-2-1-3-7-11)16-15(19-14)12-8-4-5-9-13(12)18-16/h1-9,18H,10H2,(H,19,21). The van der Waals surface area contributed by atoms with Crippen molar-refractivity contribution >= 4 is 28.2 Å². The first-order valence-electron chi connectivity index (χ1n) is 7.02. The highest BCUT2D eigenvalue weighted by molar-refractivity contribution is 6.20. The number of anilines is 1. The van der Waals surface area contributed by atoms with Crippen molar-refractivity contribution in [1.29, 1.82) is 0 Å². The number of carbonyl (C=O) groups excluding carboxylic acids is 1. The van der Waals surface area contributed by atoms with Crippen molar-refractivity contribution in [3.05, 3.63) is 71.1 Å². The molecule has 5 heteroatoms. The maximum absolute atomic E-state index is 12.5. The van der Waals surface area contributed by atoms with E-state index in [-0.39, 0.29) is 12.5 Å². The molecular weight excluding hydrogens is 278 g/mol. The van der Waals surface area contributed by atoms with E-state index in [2.05, 4.69) is 10.3 Å². The smallest absolute Gasteiger partial charge is 0.291 e. The zero-order valence-corrected chi connectivity index (χ0v) is 11.7. The van der Waals surface area contributed by atoms with Crippen molar-refractivity contribution in [2.45, 2.75) is 0 Å². The van der Waals surface area contributed by atoms with Crippen LogP contribution in [0, 0.1) is 5.21 Å². The predicted octanol–water partition coefficient (Wildman–Crippen LogP) is 2.47. The summed E-state index contributed by atoms with van der Waals surface area (Å²) in [5.41, 5.74) is 3.45. The number of hydroxylamine groups is 1. The van der Waals surface area contributed by atoms with Gasteiger partial charge in [-0.15, -0.1) is 0 Å². The van der Waals surface area contributed by atoms with Gasteiger partial charge in [-0.3, -0.25) is 4.79 Å². The lowest BCUT2D eigenvalue weighted by molar-refractivity contribution is -0.443. The molecule has 0 atom stereocenters. The Morgan fingerprint density at radius 2 is 1.73 bits per heavy atom. The molecule has 0 saturated heterocycles. The van der Waals surface area contributed by atoms with Gasteiger partial charge in [0.15, 0.2) is 0 Å². The van der Waals surface area contributed by atoms with E-state index >= 15 is 0 Å². The Balaban J connectivity index is 2.06. The van der Waals surface area contributed by atoms with E-state index in [9.17, 15) is 10.0 Å². The summed E-state index contributed by atoms with van der Waals surface area (Å²) in [6, 6.07) is 17.0. The number of aromatic amines is 1. The van der Waals surface area contributed by atoms with Crippen LogP contribution < -0.4 is 5.32 Å². The molecule has 3 aromatic rings. The molecule has 1 amide bonds. The molecule has 0 radical (unpaired) electrons. The number of hydrogen-bond acceptors (Lipinski definition) is 2. The number of carbonyl (C=O) groups is 1. The maximum Gasteiger partial charge on any atom is 0.291 e. The van der Waals surface area contributed by atoms with Crippen molar-refractivity contribution < 1.29 is 9.53 Å². The number of nitrogens with one attached hydrogen (secondary N) is 2. The van der Waals surface area contributed by atoms with Gasteiger partial charge in [0.2, 0.25) is 12.3 Å². The van der Waals surface area contributed by atoms with Gasteiger partial charge in [0.25, 0.3) is 5.91 Å². The molecule has 0 bridgehead atoms. The number of para-hydroxylation sites is 1. The SMILES string of the molecule is O=C1C[N+]([O-])=C(c2ccccc2)c2[nH]c3ccccc3c2N1. The fourth-order valence-electron chi connectivity index (χ4n) is 2.85. The Morgan fingerprint density at radius 1 is 1.00 bits per heavy atom. The Labute approximate surface area is 126 Å². The summed E-state index contributed by atoms with van der Waals surface area (Å²) in [6.45, 7) is -0.221. The first-order chi connectivity index (χ1) is 10.7. The van der Waals surface area contributed by atoms with Gasteiger partial charge in [0, 0.05) is 16.5 Å². The van der Waals surface area contributed by atoms with E-state index in [1.165, 1.54) is 0 Å². The molecule has 0 spiro atoms. The molecule has 2 N–H and O–H groups in total. The number of benzene rings is 2. The molecular formula is C17H13N3O2. The molecule has 2 heterocycles. The minimum Gasteiger partial charge on any atom is -0.623 e. The molecule has 5 nitrogen and oxygen atoms in total. The fraction of sp³-hybridized carbons (Fsp3) is 0.0588. The largest absolute Gasteiger partial charge is 0.623 e. The van der Waals surface area contributed by atoms with E-state index in [1.807, 2.05) is 54.6 Å². The lowest BCUT2D eigenvalue weighted by Gasteiger charge is -2.07. The third kappa shape index (κ3) is 1.87. The van der Waals surface area contributed by atoms with Crippen LogP contribution in [-0.2, 0) is 4.79 Å². The van der Waals surface area contributed by atoms with Gasteiger partial charge in [-0.2, -0.15) is 4.74 Å². The van der Waals surface area contributed by atoms with E-state index in [0.29, 0.717) is 17.1 Å². The average molecular weight is 291 g/mol. The van der Waals surface area contributed by atoms with Crippen molar-refractivity contribution in [1.82, 2.24) is 4.98 Å². The van der Waals surface area contributed by atoms with E-state index < -0.39 is 0 Å². The summed E-state index contributed by atoms with van der Waals surface area (Å²) in [5, 5.41) is 16.2. The van der Waals surface area contributed by atoms with E-state index in [1.54, 1.807) is 0 Å². The third-order valence-corrected chi connectivity index (χ3v) is 3.79. The number of hydrogen-bond donors (Lipinski definition) is 2. The van der Waals surface area contributed by atoms with Crippen LogP contribution >= 0.6 is 0 Å². The van der Waals surface area contributed by atoms with Gasteiger partial charge in [0.05, 0.1) is 5.69 Å². The monoisotopic (exact) mass is 291 g/mol. The number of H-pyrrole nitrogens is 1. The molecule has 4 rings (SSSR count). The highest BCUT2D eigenvalue weighted by atomic mass is 16.5. The predicted molar refractivity (Wildman–Crippen MR) is 85.1 cm³/mol. The Bertz CT molecular complexity index is 910. The summed E-state index contributed by atoms with van der Waals surface area (Å²) < 4.78 is 0.742.